The number of ether oxygens (including phenoxy) is 1. The lowest BCUT2D eigenvalue weighted by molar-refractivity contribution is -0.128. The van der Waals surface area contributed by atoms with Crippen LogP contribution in [0, 0.1) is 0 Å². The van der Waals surface area contributed by atoms with Gasteiger partial charge in [-0.2, -0.15) is 5.10 Å². The summed E-state index contributed by atoms with van der Waals surface area (Å²) in [5.41, 5.74) is 0.945. The molecule has 0 spiro atoms. The Hall–Kier alpha value is -1.16. The second-order valence-corrected chi connectivity index (χ2v) is 3.68. The van der Waals surface area contributed by atoms with E-state index in [2.05, 4.69) is 5.10 Å². The van der Waals surface area contributed by atoms with E-state index in [1.165, 1.54) is 0 Å². The molecule has 0 saturated heterocycles. The third-order valence-corrected chi connectivity index (χ3v) is 2.33. The van der Waals surface area contributed by atoms with Crippen LogP contribution in [0.4, 0.5) is 0 Å². The molecule has 0 aliphatic rings. The van der Waals surface area contributed by atoms with Gasteiger partial charge in [0.25, 0.3) is 0 Å². The predicted molar refractivity (Wildman–Crippen MR) is 57.6 cm³/mol. The molecule has 0 aliphatic carbocycles. The van der Waals surface area contributed by atoms with E-state index in [1.807, 2.05) is 20.2 Å². The number of aromatic nitrogens is 2. The zero-order valence-electron chi connectivity index (χ0n) is 9.56. The molecule has 4 heteroatoms. The van der Waals surface area contributed by atoms with Gasteiger partial charge in [0.15, 0.2) is 5.78 Å². The van der Waals surface area contributed by atoms with Crippen molar-refractivity contribution in [3.8, 4) is 0 Å². The quantitative estimate of drug-likeness (QED) is 0.711. The van der Waals surface area contributed by atoms with Crippen molar-refractivity contribution in [3.05, 3.63) is 18.0 Å². The molecule has 4 nitrogen and oxygen atoms in total. The Kier molecular flexibility index (Phi) is 4.49. The number of rotatable bonds is 6. The first-order valence-corrected chi connectivity index (χ1v) is 5.20. The predicted octanol–water partition coefficient (Wildman–Crippen LogP) is 1.35. The van der Waals surface area contributed by atoms with Gasteiger partial charge in [0.05, 0.1) is 6.20 Å². The summed E-state index contributed by atoms with van der Waals surface area (Å²) in [4.78, 5) is 11.8. The number of ketones is 1. The van der Waals surface area contributed by atoms with Crippen LogP contribution in [0.5, 0.6) is 0 Å². The van der Waals surface area contributed by atoms with Crippen molar-refractivity contribution in [3.63, 3.8) is 0 Å². The van der Waals surface area contributed by atoms with Gasteiger partial charge in [0, 0.05) is 26.8 Å². The fraction of sp³-hybridized carbons (Fsp3) is 0.636. The van der Waals surface area contributed by atoms with E-state index in [0.717, 1.165) is 18.4 Å². The van der Waals surface area contributed by atoms with Crippen molar-refractivity contribution in [2.24, 2.45) is 7.05 Å². The highest BCUT2D eigenvalue weighted by Crippen LogP contribution is 2.07. The number of methoxy groups -OCH3 is 1. The maximum absolute atomic E-state index is 11.8. The Labute approximate surface area is 90.2 Å². The molecule has 0 saturated carbocycles. The fourth-order valence-corrected chi connectivity index (χ4v) is 1.55. The minimum atomic E-state index is -0.268. The van der Waals surface area contributed by atoms with Gasteiger partial charge < -0.3 is 4.74 Å². The van der Waals surface area contributed by atoms with Crippen LogP contribution in [-0.2, 0) is 23.0 Å². The average Bonchev–Trinajstić information content (AvgIpc) is 2.60. The zero-order chi connectivity index (χ0) is 11.3. The lowest BCUT2D eigenvalue weighted by atomic mass is 10.0. The van der Waals surface area contributed by atoms with Crippen molar-refractivity contribution in [2.45, 2.75) is 32.3 Å². The summed E-state index contributed by atoms with van der Waals surface area (Å²) >= 11 is 0. The van der Waals surface area contributed by atoms with E-state index in [0.29, 0.717) is 6.42 Å². The molecule has 0 amide bonds. The van der Waals surface area contributed by atoms with Crippen LogP contribution >= 0.6 is 0 Å². The number of hydrogen-bond acceptors (Lipinski definition) is 3. The Morgan fingerprint density at radius 2 is 2.40 bits per heavy atom. The Morgan fingerprint density at radius 1 is 1.67 bits per heavy atom. The molecule has 0 N–H and O–H groups in total. The van der Waals surface area contributed by atoms with E-state index in [1.54, 1.807) is 18.0 Å². The third-order valence-electron chi connectivity index (χ3n) is 2.33. The van der Waals surface area contributed by atoms with Gasteiger partial charge in [-0.25, -0.2) is 0 Å². The summed E-state index contributed by atoms with van der Waals surface area (Å²) in [6.45, 7) is 2.05. The maximum Gasteiger partial charge on any atom is 0.165 e. The number of hydrogen-bond donors (Lipinski definition) is 0. The van der Waals surface area contributed by atoms with Gasteiger partial charge in [-0.05, 0) is 12.0 Å². The average molecular weight is 210 g/mol. The zero-order valence-corrected chi connectivity index (χ0v) is 9.56. The smallest absolute Gasteiger partial charge is 0.165 e. The molecule has 0 fully saturated rings. The van der Waals surface area contributed by atoms with Gasteiger partial charge in [-0.3, -0.25) is 9.48 Å². The number of carbonyl (C=O) groups is 1. The van der Waals surface area contributed by atoms with Crippen LogP contribution in [0.1, 0.15) is 25.3 Å². The molecule has 1 heterocycles. The minimum absolute atomic E-state index is 0.132. The lowest BCUT2D eigenvalue weighted by Gasteiger charge is -2.11. The minimum Gasteiger partial charge on any atom is -0.374 e. The van der Waals surface area contributed by atoms with Crippen LogP contribution in [0.25, 0.3) is 0 Å². The Balaban J connectivity index is 2.53. The molecule has 0 radical (unpaired) electrons. The second kappa shape index (κ2) is 5.66. The van der Waals surface area contributed by atoms with Crippen molar-refractivity contribution in [1.29, 1.82) is 0 Å². The van der Waals surface area contributed by atoms with E-state index in [9.17, 15) is 4.79 Å². The van der Waals surface area contributed by atoms with E-state index in [4.69, 9.17) is 4.74 Å². The molecule has 0 aliphatic heterocycles. The number of aryl methyl sites for hydroxylation is 1. The van der Waals surface area contributed by atoms with Crippen LogP contribution in [-0.4, -0.2) is 28.8 Å². The largest absolute Gasteiger partial charge is 0.374 e. The monoisotopic (exact) mass is 210 g/mol. The number of nitrogens with zero attached hydrogens (tertiary/aromatic N) is 2. The summed E-state index contributed by atoms with van der Waals surface area (Å²) in [6.07, 6.45) is 5.46. The van der Waals surface area contributed by atoms with Crippen LogP contribution in [0.2, 0.25) is 0 Å². The molecular weight excluding hydrogens is 192 g/mol. The number of Topliss-reactive ketones (excluding diaryl/α,β-unsaturated/α-hetero) is 1. The first kappa shape index (κ1) is 11.9. The topological polar surface area (TPSA) is 44.1 Å². The highest BCUT2D eigenvalue weighted by atomic mass is 16.5. The molecule has 1 aromatic rings. The Morgan fingerprint density at radius 3 is 2.87 bits per heavy atom. The molecule has 1 rings (SSSR count). The summed E-state index contributed by atoms with van der Waals surface area (Å²) in [5, 5.41) is 4.02. The molecular formula is C11H18N2O2. The Bertz CT molecular complexity index is 320. The van der Waals surface area contributed by atoms with Crippen LogP contribution < -0.4 is 0 Å². The summed E-state index contributed by atoms with van der Waals surface area (Å²) < 4.78 is 6.85. The van der Waals surface area contributed by atoms with Crippen molar-refractivity contribution in [2.75, 3.05) is 7.11 Å². The van der Waals surface area contributed by atoms with Gasteiger partial charge in [0.2, 0.25) is 0 Å². The van der Waals surface area contributed by atoms with Crippen molar-refractivity contribution in [1.82, 2.24) is 9.78 Å². The first-order valence-electron chi connectivity index (χ1n) is 5.20. The molecule has 1 aromatic heterocycles. The molecule has 0 aromatic carbocycles. The number of carbonyl (C=O) groups excluding carboxylic acids is 1. The van der Waals surface area contributed by atoms with Gasteiger partial charge in [-0.15, -0.1) is 0 Å². The standard InChI is InChI=1S/C11H18N2O2/c1-4-5-11(15-3)10(14)6-9-7-12-13(2)8-9/h7-8,11H,4-6H2,1-3H3. The van der Waals surface area contributed by atoms with Gasteiger partial charge >= 0.3 is 0 Å². The van der Waals surface area contributed by atoms with Gasteiger partial charge in [-0.1, -0.05) is 13.3 Å². The molecule has 84 valence electrons. The van der Waals surface area contributed by atoms with Crippen molar-refractivity contribution >= 4 is 5.78 Å². The van der Waals surface area contributed by atoms with Crippen LogP contribution in [0.3, 0.4) is 0 Å². The molecule has 15 heavy (non-hydrogen) atoms. The normalized spacial score (nSPS) is 12.7. The maximum atomic E-state index is 11.8. The van der Waals surface area contributed by atoms with Gasteiger partial charge in [0.1, 0.15) is 6.10 Å². The summed E-state index contributed by atoms with van der Waals surface area (Å²) in [5.74, 6) is 0.132. The van der Waals surface area contributed by atoms with Crippen LogP contribution in [0.15, 0.2) is 12.4 Å². The molecule has 1 atom stereocenters. The van der Waals surface area contributed by atoms with E-state index >= 15 is 0 Å². The van der Waals surface area contributed by atoms with E-state index in [-0.39, 0.29) is 11.9 Å². The highest BCUT2D eigenvalue weighted by Gasteiger charge is 2.17. The lowest BCUT2D eigenvalue weighted by Crippen LogP contribution is -2.24. The summed E-state index contributed by atoms with van der Waals surface area (Å²) in [7, 11) is 3.43. The highest BCUT2D eigenvalue weighted by molar-refractivity contribution is 5.85. The molecule has 0 bridgehead atoms. The van der Waals surface area contributed by atoms with Crippen molar-refractivity contribution < 1.29 is 9.53 Å². The molecule has 1 unspecified atom stereocenters. The van der Waals surface area contributed by atoms with E-state index < -0.39 is 0 Å². The SMILES string of the molecule is CCCC(OC)C(=O)Cc1cnn(C)c1. The first-order chi connectivity index (χ1) is 7.17. The second-order valence-electron chi connectivity index (χ2n) is 3.68. The third kappa shape index (κ3) is 3.47. The summed E-state index contributed by atoms with van der Waals surface area (Å²) in [6, 6.07) is 0. The fourth-order valence-electron chi connectivity index (χ4n) is 1.55.